The van der Waals surface area contributed by atoms with E-state index in [1.54, 1.807) is 23.7 Å². The highest BCUT2D eigenvalue weighted by Gasteiger charge is 2.10. The second-order valence-corrected chi connectivity index (χ2v) is 4.24. The van der Waals surface area contributed by atoms with Gasteiger partial charge in [-0.05, 0) is 30.5 Å². The molecule has 0 aliphatic rings. The van der Waals surface area contributed by atoms with Crippen LogP contribution in [0.3, 0.4) is 0 Å². The van der Waals surface area contributed by atoms with Gasteiger partial charge in [-0.3, -0.25) is 4.79 Å². The fraction of sp³-hybridized carbons (Fsp3) is 0.333. The van der Waals surface area contributed by atoms with Crippen LogP contribution in [0.15, 0.2) is 29.2 Å². The van der Waals surface area contributed by atoms with Crippen LogP contribution in [0.5, 0.6) is 0 Å². The minimum absolute atomic E-state index is 0.0390. The molecule has 0 N–H and O–H groups in total. The van der Waals surface area contributed by atoms with Gasteiger partial charge < -0.3 is 4.90 Å². The first-order valence-corrected chi connectivity index (χ1v) is 6.18. The van der Waals surface area contributed by atoms with Crippen LogP contribution in [-0.2, 0) is 0 Å². The first-order chi connectivity index (χ1) is 7.69. The van der Waals surface area contributed by atoms with E-state index in [-0.39, 0.29) is 5.91 Å². The van der Waals surface area contributed by atoms with E-state index in [4.69, 9.17) is 5.26 Å². The van der Waals surface area contributed by atoms with Gasteiger partial charge >= 0.3 is 0 Å². The molecule has 1 amide bonds. The molecule has 0 aromatic heterocycles. The molecule has 0 atom stereocenters. The summed E-state index contributed by atoms with van der Waals surface area (Å²) in [5.74, 6) is -0.0390. The van der Waals surface area contributed by atoms with Crippen LogP contribution in [0, 0.1) is 11.3 Å². The highest BCUT2D eigenvalue weighted by molar-refractivity contribution is 7.98. The third-order valence-electron chi connectivity index (χ3n) is 2.24. The number of benzene rings is 1. The number of nitriles is 1. The first kappa shape index (κ1) is 12.6. The van der Waals surface area contributed by atoms with Gasteiger partial charge in [0.2, 0.25) is 0 Å². The lowest BCUT2D eigenvalue weighted by molar-refractivity contribution is 0.0798. The summed E-state index contributed by atoms with van der Waals surface area (Å²) >= 11 is 1.64. The summed E-state index contributed by atoms with van der Waals surface area (Å²) in [6.45, 7) is 0.472. The molecule has 1 aromatic carbocycles. The maximum atomic E-state index is 11.9. The maximum Gasteiger partial charge on any atom is 0.253 e. The predicted molar refractivity (Wildman–Crippen MR) is 65.4 cm³/mol. The highest BCUT2D eigenvalue weighted by atomic mass is 32.2. The highest BCUT2D eigenvalue weighted by Crippen LogP contribution is 2.15. The predicted octanol–water partition coefficient (Wildman–Crippen LogP) is 2.39. The minimum Gasteiger partial charge on any atom is -0.341 e. The molecular formula is C12H14N2OS. The average molecular weight is 234 g/mol. The van der Waals surface area contributed by atoms with Crippen molar-refractivity contribution < 1.29 is 4.79 Å². The van der Waals surface area contributed by atoms with Crippen LogP contribution in [0.2, 0.25) is 0 Å². The van der Waals surface area contributed by atoms with Gasteiger partial charge in [0.15, 0.2) is 0 Å². The summed E-state index contributed by atoms with van der Waals surface area (Å²) in [7, 11) is 1.71. The molecule has 0 radical (unpaired) electrons. The van der Waals surface area contributed by atoms with Crippen molar-refractivity contribution in [3.63, 3.8) is 0 Å². The molecule has 84 valence electrons. The van der Waals surface area contributed by atoms with Crippen molar-refractivity contribution in [2.24, 2.45) is 0 Å². The molecule has 16 heavy (non-hydrogen) atoms. The van der Waals surface area contributed by atoms with Gasteiger partial charge in [-0.2, -0.15) is 5.26 Å². The van der Waals surface area contributed by atoms with E-state index in [0.717, 1.165) is 4.90 Å². The quantitative estimate of drug-likeness (QED) is 0.751. The van der Waals surface area contributed by atoms with Crippen molar-refractivity contribution in [1.29, 1.82) is 5.26 Å². The molecular weight excluding hydrogens is 220 g/mol. The molecule has 0 saturated heterocycles. The van der Waals surface area contributed by atoms with Gasteiger partial charge in [0.1, 0.15) is 0 Å². The van der Waals surface area contributed by atoms with E-state index in [2.05, 4.69) is 0 Å². The van der Waals surface area contributed by atoms with Gasteiger partial charge in [-0.25, -0.2) is 0 Å². The van der Waals surface area contributed by atoms with Gasteiger partial charge in [0.25, 0.3) is 5.91 Å². The summed E-state index contributed by atoms with van der Waals surface area (Å²) in [5.41, 5.74) is 0.665. The first-order valence-electron chi connectivity index (χ1n) is 4.95. The second-order valence-electron chi connectivity index (χ2n) is 3.36. The monoisotopic (exact) mass is 234 g/mol. The topological polar surface area (TPSA) is 44.1 Å². The van der Waals surface area contributed by atoms with Gasteiger partial charge in [0.05, 0.1) is 12.5 Å². The van der Waals surface area contributed by atoms with Crippen molar-refractivity contribution in [2.75, 3.05) is 19.8 Å². The molecule has 3 nitrogen and oxygen atoms in total. The van der Waals surface area contributed by atoms with E-state index in [0.29, 0.717) is 18.5 Å². The summed E-state index contributed by atoms with van der Waals surface area (Å²) < 4.78 is 0. The maximum absolute atomic E-state index is 11.9. The van der Waals surface area contributed by atoms with Crippen LogP contribution in [0.25, 0.3) is 0 Å². The zero-order valence-corrected chi connectivity index (χ0v) is 10.3. The minimum atomic E-state index is -0.0390. The van der Waals surface area contributed by atoms with E-state index in [9.17, 15) is 4.79 Å². The van der Waals surface area contributed by atoms with E-state index in [1.807, 2.05) is 36.6 Å². The Morgan fingerprint density at radius 2 is 2.06 bits per heavy atom. The number of nitrogens with zero attached hydrogens (tertiary/aromatic N) is 2. The summed E-state index contributed by atoms with van der Waals surface area (Å²) in [4.78, 5) is 14.6. The number of amides is 1. The molecule has 0 aliphatic heterocycles. The molecule has 0 aliphatic carbocycles. The summed E-state index contributed by atoms with van der Waals surface area (Å²) in [6, 6.07) is 9.51. The number of hydrogen-bond acceptors (Lipinski definition) is 3. The van der Waals surface area contributed by atoms with Gasteiger partial charge in [0, 0.05) is 24.1 Å². The SMILES string of the molecule is CSc1ccc(C(=O)N(C)CCC#N)cc1. The Hall–Kier alpha value is -1.47. The Morgan fingerprint density at radius 3 is 2.56 bits per heavy atom. The molecule has 1 aromatic rings. The Kier molecular flexibility index (Phi) is 4.87. The van der Waals surface area contributed by atoms with E-state index in [1.165, 1.54) is 0 Å². The lowest BCUT2D eigenvalue weighted by Gasteiger charge is -2.15. The third kappa shape index (κ3) is 3.28. The van der Waals surface area contributed by atoms with Crippen LogP contribution >= 0.6 is 11.8 Å². The normalized spacial score (nSPS) is 9.56. The Bertz CT molecular complexity index is 394. The number of carbonyl (C=O) groups excluding carboxylic acids is 1. The van der Waals surface area contributed by atoms with Crippen molar-refractivity contribution in [1.82, 2.24) is 4.90 Å². The lowest BCUT2D eigenvalue weighted by atomic mass is 10.2. The van der Waals surface area contributed by atoms with Crippen molar-refractivity contribution in [3.05, 3.63) is 29.8 Å². The van der Waals surface area contributed by atoms with Crippen LogP contribution in [0.4, 0.5) is 0 Å². The van der Waals surface area contributed by atoms with Crippen molar-refractivity contribution >= 4 is 17.7 Å². The standard InChI is InChI=1S/C12H14N2OS/c1-14(9-3-8-13)12(15)10-4-6-11(16-2)7-5-10/h4-7H,3,9H2,1-2H3. The van der Waals surface area contributed by atoms with Gasteiger partial charge in [-0.1, -0.05) is 0 Å². The zero-order valence-electron chi connectivity index (χ0n) is 9.43. The molecule has 0 spiro atoms. The molecule has 0 saturated carbocycles. The Morgan fingerprint density at radius 1 is 1.44 bits per heavy atom. The largest absolute Gasteiger partial charge is 0.341 e. The van der Waals surface area contributed by atoms with Crippen molar-refractivity contribution in [2.45, 2.75) is 11.3 Å². The van der Waals surface area contributed by atoms with Crippen molar-refractivity contribution in [3.8, 4) is 6.07 Å². The number of rotatable bonds is 4. The van der Waals surface area contributed by atoms with Gasteiger partial charge in [-0.15, -0.1) is 11.8 Å². The molecule has 0 unspecified atom stereocenters. The molecule has 0 bridgehead atoms. The van der Waals surface area contributed by atoms with Crippen LogP contribution < -0.4 is 0 Å². The number of hydrogen-bond donors (Lipinski definition) is 0. The van der Waals surface area contributed by atoms with E-state index < -0.39 is 0 Å². The smallest absolute Gasteiger partial charge is 0.253 e. The fourth-order valence-corrected chi connectivity index (χ4v) is 1.68. The molecule has 0 heterocycles. The molecule has 0 fully saturated rings. The van der Waals surface area contributed by atoms with E-state index >= 15 is 0 Å². The average Bonchev–Trinajstić information content (AvgIpc) is 2.35. The number of thioether (sulfide) groups is 1. The molecule has 4 heteroatoms. The zero-order chi connectivity index (χ0) is 12.0. The molecule has 1 rings (SSSR count). The summed E-state index contributed by atoms with van der Waals surface area (Å²) in [5, 5.41) is 8.45. The lowest BCUT2D eigenvalue weighted by Crippen LogP contribution is -2.27. The van der Waals surface area contributed by atoms with Crippen LogP contribution in [-0.4, -0.2) is 30.7 Å². The third-order valence-corrected chi connectivity index (χ3v) is 2.99. The Labute approximate surface area is 100 Å². The fourth-order valence-electron chi connectivity index (χ4n) is 1.27. The van der Waals surface area contributed by atoms with Crippen LogP contribution in [0.1, 0.15) is 16.8 Å². The Balaban J connectivity index is 2.69. The summed E-state index contributed by atoms with van der Waals surface area (Å²) in [6.07, 6.45) is 2.36. The number of carbonyl (C=O) groups is 1. The second kappa shape index (κ2) is 6.19.